The molecule has 1 aromatic carbocycles. The molecule has 1 saturated heterocycles. The highest BCUT2D eigenvalue weighted by molar-refractivity contribution is 9.13. The molecule has 4 nitrogen and oxygen atoms in total. The van der Waals surface area contributed by atoms with E-state index in [4.69, 9.17) is 0 Å². The van der Waals surface area contributed by atoms with E-state index in [0.29, 0.717) is 13.0 Å². The van der Waals surface area contributed by atoms with Gasteiger partial charge in [0.2, 0.25) is 5.91 Å². The number of carboxylic acids is 1. The SMILES string of the molecule is O=C(O)C1CCCCN1C(=O)Cc1ccc(Br)c(Br)c1. The first-order chi connectivity index (χ1) is 9.49. The minimum Gasteiger partial charge on any atom is -0.480 e. The van der Waals surface area contributed by atoms with Crippen molar-refractivity contribution in [3.63, 3.8) is 0 Å². The summed E-state index contributed by atoms with van der Waals surface area (Å²) in [6.45, 7) is 0.535. The van der Waals surface area contributed by atoms with Gasteiger partial charge in [0.25, 0.3) is 0 Å². The molecule has 20 heavy (non-hydrogen) atoms. The Bertz CT molecular complexity index is 533. The Balaban J connectivity index is 2.09. The monoisotopic (exact) mass is 403 g/mol. The first-order valence-corrected chi connectivity index (χ1v) is 8.04. The van der Waals surface area contributed by atoms with E-state index in [1.54, 1.807) is 0 Å². The highest BCUT2D eigenvalue weighted by atomic mass is 79.9. The van der Waals surface area contributed by atoms with Gasteiger partial charge in [-0.3, -0.25) is 4.79 Å². The maximum atomic E-state index is 12.3. The molecule has 2 rings (SSSR count). The number of carbonyl (C=O) groups is 2. The molecular weight excluding hydrogens is 390 g/mol. The first-order valence-electron chi connectivity index (χ1n) is 6.45. The molecule has 1 aliphatic heterocycles. The predicted molar refractivity (Wildman–Crippen MR) is 82.5 cm³/mol. The smallest absolute Gasteiger partial charge is 0.326 e. The van der Waals surface area contributed by atoms with Crippen LogP contribution in [-0.4, -0.2) is 34.5 Å². The molecule has 6 heteroatoms. The van der Waals surface area contributed by atoms with Crippen LogP contribution in [0.4, 0.5) is 0 Å². The zero-order valence-electron chi connectivity index (χ0n) is 10.8. The fourth-order valence-electron chi connectivity index (χ4n) is 2.41. The fourth-order valence-corrected chi connectivity index (χ4v) is 3.09. The normalized spacial score (nSPS) is 18.9. The zero-order chi connectivity index (χ0) is 14.7. The van der Waals surface area contributed by atoms with Gasteiger partial charge in [-0.25, -0.2) is 4.79 Å². The van der Waals surface area contributed by atoms with Crippen LogP contribution < -0.4 is 0 Å². The molecule has 0 radical (unpaired) electrons. The summed E-state index contributed by atoms with van der Waals surface area (Å²) < 4.78 is 1.81. The molecule has 0 bridgehead atoms. The number of amides is 1. The summed E-state index contributed by atoms with van der Waals surface area (Å²) in [4.78, 5) is 25.0. The molecule has 1 heterocycles. The molecule has 1 N–H and O–H groups in total. The van der Waals surface area contributed by atoms with Gasteiger partial charge >= 0.3 is 5.97 Å². The number of halogens is 2. The number of carboxylic acid groups (broad SMARTS) is 1. The second kappa shape index (κ2) is 6.72. The Labute approximate surface area is 134 Å². The van der Waals surface area contributed by atoms with Crippen molar-refractivity contribution in [2.24, 2.45) is 0 Å². The molecule has 0 spiro atoms. The molecule has 1 unspecified atom stereocenters. The van der Waals surface area contributed by atoms with Crippen LogP contribution in [0.1, 0.15) is 24.8 Å². The third-order valence-corrected chi connectivity index (χ3v) is 5.33. The van der Waals surface area contributed by atoms with E-state index >= 15 is 0 Å². The Morgan fingerprint density at radius 2 is 2.00 bits per heavy atom. The van der Waals surface area contributed by atoms with Gasteiger partial charge in [0.05, 0.1) is 6.42 Å². The summed E-state index contributed by atoms with van der Waals surface area (Å²) >= 11 is 6.78. The van der Waals surface area contributed by atoms with Crippen LogP contribution in [-0.2, 0) is 16.0 Å². The van der Waals surface area contributed by atoms with Gasteiger partial charge in [-0.15, -0.1) is 0 Å². The quantitative estimate of drug-likeness (QED) is 0.841. The Hall–Kier alpha value is -0.880. The fraction of sp³-hybridized carbons (Fsp3) is 0.429. The molecule has 0 aliphatic carbocycles. The summed E-state index contributed by atoms with van der Waals surface area (Å²) in [5, 5.41) is 9.20. The van der Waals surface area contributed by atoms with Gasteiger partial charge in [0.1, 0.15) is 6.04 Å². The third-order valence-electron chi connectivity index (χ3n) is 3.45. The molecule has 108 valence electrons. The Morgan fingerprint density at radius 1 is 1.25 bits per heavy atom. The van der Waals surface area contributed by atoms with Gasteiger partial charge < -0.3 is 10.0 Å². The number of nitrogens with zero attached hydrogens (tertiary/aromatic N) is 1. The number of rotatable bonds is 3. The highest BCUT2D eigenvalue weighted by Gasteiger charge is 2.31. The average Bonchev–Trinajstić information content (AvgIpc) is 2.43. The third kappa shape index (κ3) is 3.61. The average molecular weight is 405 g/mol. The van der Waals surface area contributed by atoms with E-state index in [-0.39, 0.29) is 12.3 Å². The second-order valence-electron chi connectivity index (χ2n) is 4.86. The minimum atomic E-state index is -0.907. The van der Waals surface area contributed by atoms with Crippen molar-refractivity contribution in [2.75, 3.05) is 6.54 Å². The Kier molecular flexibility index (Phi) is 5.21. The van der Waals surface area contributed by atoms with Crippen molar-refractivity contribution < 1.29 is 14.7 Å². The van der Waals surface area contributed by atoms with E-state index in [9.17, 15) is 14.7 Å². The van der Waals surface area contributed by atoms with Crippen molar-refractivity contribution in [3.05, 3.63) is 32.7 Å². The van der Waals surface area contributed by atoms with Crippen LogP contribution in [0.2, 0.25) is 0 Å². The van der Waals surface area contributed by atoms with Crippen LogP contribution in [0.15, 0.2) is 27.1 Å². The molecule has 1 amide bonds. The van der Waals surface area contributed by atoms with Crippen molar-refractivity contribution >= 4 is 43.7 Å². The number of benzene rings is 1. The summed E-state index contributed by atoms with van der Waals surface area (Å²) in [5.74, 6) is -1.03. The van der Waals surface area contributed by atoms with Crippen molar-refractivity contribution in [1.82, 2.24) is 4.90 Å². The lowest BCUT2D eigenvalue weighted by atomic mass is 10.0. The summed E-state index contributed by atoms with van der Waals surface area (Å²) in [7, 11) is 0. The van der Waals surface area contributed by atoms with Crippen LogP contribution >= 0.6 is 31.9 Å². The number of carbonyl (C=O) groups excluding carboxylic acids is 1. The molecule has 1 atom stereocenters. The van der Waals surface area contributed by atoms with E-state index < -0.39 is 12.0 Å². The molecule has 0 aromatic heterocycles. The van der Waals surface area contributed by atoms with Crippen LogP contribution in [0.5, 0.6) is 0 Å². The van der Waals surface area contributed by atoms with Gasteiger partial charge in [-0.2, -0.15) is 0 Å². The van der Waals surface area contributed by atoms with Crippen LogP contribution in [0.3, 0.4) is 0 Å². The number of likely N-dealkylation sites (tertiary alicyclic amines) is 1. The lowest BCUT2D eigenvalue weighted by Gasteiger charge is -2.33. The van der Waals surface area contributed by atoms with E-state index in [1.165, 1.54) is 4.90 Å². The van der Waals surface area contributed by atoms with E-state index in [1.807, 2.05) is 18.2 Å². The maximum Gasteiger partial charge on any atom is 0.326 e. The first kappa shape index (κ1) is 15.5. The summed E-state index contributed by atoms with van der Waals surface area (Å²) in [6.07, 6.45) is 2.52. The number of aliphatic carboxylic acids is 1. The standard InChI is InChI=1S/C14H15Br2NO3/c15-10-5-4-9(7-11(10)16)8-13(18)17-6-2-1-3-12(17)14(19)20/h4-5,7,12H,1-3,6,8H2,(H,19,20). The summed E-state index contributed by atoms with van der Waals surface area (Å²) in [5.41, 5.74) is 0.875. The highest BCUT2D eigenvalue weighted by Crippen LogP contribution is 2.25. The largest absolute Gasteiger partial charge is 0.480 e. The van der Waals surface area contributed by atoms with Crippen LogP contribution in [0.25, 0.3) is 0 Å². The topological polar surface area (TPSA) is 57.6 Å². The predicted octanol–water partition coefficient (Wildman–Crippen LogP) is 3.22. The molecular formula is C14H15Br2NO3. The van der Waals surface area contributed by atoms with Crippen LogP contribution in [0, 0.1) is 0 Å². The molecule has 0 saturated carbocycles. The minimum absolute atomic E-state index is 0.119. The number of piperidine rings is 1. The molecule has 1 fully saturated rings. The Morgan fingerprint density at radius 3 is 2.65 bits per heavy atom. The van der Waals surface area contributed by atoms with Crippen molar-refractivity contribution in [1.29, 1.82) is 0 Å². The zero-order valence-corrected chi connectivity index (χ0v) is 14.0. The van der Waals surface area contributed by atoms with E-state index in [2.05, 4.69) is 31.9 Å². The lowest BCUT2D eigenvalue weighted by Crippen LogP contribution is -2.48. The summed E-state index contributed by atoms with van der Waals surface area (Å²) in [6, 6.07) is 4.95. The van der Waals surface area contributed by atoms with Gasteiger partial charge in [-0.05, 0) is 68.8 Å². The van der Waals surface area contributed by atoms with Crippen molar-refractivity contribution in [3.8, 4) is 0 Å². The van der Waals surface area contributed by atoms with Gasteiger partial charge in [0, 0.05) is 15.5 Å². The van der Waals surface area contributed by atoms with Gasteiger partial charge in [0.15, 0.2) is 0 Å². The lowest BCUT2D eigenvalue weighted by molar-refractivity contribution is -0.151. The maximum absolute atomic E-state index is 12.3. The number of hydrogen-bond acceptors (Lipinski definition) is 2. The number of hydrogen-bond donors (Lipinski definition) is 1. The molecule has 1 aliphatic rings. The second-order valence-corrected chi connectivity index (χ2v) is 6.57. The van der Waals surface area contributed by atoms with Crippen molar-refractivity contribution in [2.45, 2.75) is 31.7 Å². The molecule has 1 aromatic rings. The van der Waals surface area contributed by atoms with E-state index in [0.717, 1.165) is 27.4 Å². The van der Waals surface area contributed by atoms with Gasteiger partial charge in [-0.1, -0.05) is 6.07 Å².